The Morgan fingerprint density at radius 2 is 0.964 bits per heavy atom. The van der Waals surface area contributed by atoms with E-state index in [9.17, 15) is 0 Å². The number of hydrogen-bond donors (Lipinski definition) is 0. The van der Waals surface area contributed by atoms with Gasteiger partial charge in [-0.15, -0.1) is 0 Å². The fourth-order valence-electron chi connectivity index (χ4n) is 2.61. The van der Waals surface area contributed by atoms with Gasteiger partial charge in [0.2, 0.25) is 0 Å². The van der Waals surface area contributed by atoms with Crippen LogP contribution in [0.4, 0.5) is 0 Å². The van der Waals surface area contributed by atoms with Gasteiger partial charge in [-0.3, -0.25) is 0 Å². The van der Waals surface area contributed by atoms with Crippen LogP contribution in [0.2, 0.25) is 55.3 Å². The van der Waals surface area contributed by atoms with E-state index in [1.165, 1.54) is 22.3 Å². The van der Waals surface area contributed by atoms with Crippen LogP contribution in [0.1, 0.15) is 36.1 Å². The fraction of sp³-hybridized carbons (Fsp3) is 0.727. The van der Waals surface area contributed by atoms with Crippen LogP contribution in [-0.4, -0.2) is 58.8 Å². The lowest BCUT2D eigenvalue weighted by Crippen LogP contribution is -2.22. The second-order valence-corrected chi connectivity index (χ2v) is 25.6. The molecule has 1 aromatic rings. The van der Waals surface area contributed by atoms with Crippen LogP contribution in [-0.2, 0) is 4.74 Å². The van der Waals surface area contributed by atoms with E-state index in [0.29, 0.717) is 0 Å². The number of rotatable bonds is 9. The lowest BCUT2D eigenvalue weighted by atomic mass is 10.4. The van der Waals surface area contributed by atoms with Gasteiger partial charge in [0, 0.05) is 39.7 Å². The van der Waals surface area contributed by atoms with Crippen LogP contribution in [0, 0.1) is 0 Å². The highest BCUT2D eigenvalue weighted by atomic mass is 28.3. The lowest BCUT2D eigenvalue weighted by molar-refractivity contribution is 0.249. The second kappa shape index (κ2) is 29.5. The Labute approximate surface area is 190 Å². The molecule has 0 spiro atoms. The zero-order chi connectivity index (χ0) is 19.5. The van der Waals surface area contributed by atoms with Crippen molar-refractivity contribution in [3.05, 3.63) is 36.4 Å². The van der Waals surface area contributed by atoms with Gasteiger partial charge in [0.25, 0.3) is 0 Å². The molecule has 28 heavy (non-hydrogen) atoms. The summed E-state index contributed by atoms with van der Waals surface area (Å²) in [6.45, 7) is 14.7. The van der Waals surface area contributed by atoms with E-state index in [1.54, 1.807) is 17.0 Å². The molecule has 4 atom stereocenters. The number of benzene rings is 1. The van der Waals surface area contributed by atoms with Gasteiger partial charge in [-0.25, -0.2) is 0 Å². The Kier molecular flexibility index (Phi) is 40.9. The van der Waals surface area contributed by atoms with E-state index >= 15 is 0 Å². The van der Waals surface area contributed by atoms with E-state index in [-0.39, 0.29) is 48.7 Å². The highest BCUT2D eigenvalue weighted by Crippen LogP contribution is 2.03. The molecule has 1 aromatic carbocycles. The zero-order valence-corrected chi connectivity index (χ0v) is 25.0. The normalized spacial score (nSPS) is 13.4. The highest BCUT2D eigenvalue weighted by Gasteiger charge is 2.08. The Balaban J connectivity index is -0.0000000915. The van der Waals surface area contributed by atoms with Crippen molar-refractivity contribution >= 4 is 45.4 Å². The van der Waals surface area contributed by atoms with Gasteiger partial charge < -0.3 is 4.74 Å². The van der Waals surface area contributed by atoms with E-state index in [1.807, 2.05) is 43.5 Å². The summed E-state index contributed by atoms with van der Waals surface area (Å²) in [6.07, 6.45) is 1.08. The highest BCUT2D eigenvalue weighted by molar-refractivity contribution is 6.78. The summed E-state index contributed by atoms with van der Waals surface area (Å²) < 4.78 is 5.13. The molecule has 0 N–H and O–H groups in total. The molecule has 0 aliphatic carbocycles. The summed E-state index contributed by atoms with van der Waals surface area (Å²) >= 11 is 0. The third kappa shape index (κ3) is 31.0. The molecule has 1 rings (SSSR count). The standard InChI is InChI=1S/C7H20OSi2.C6H20Si3.C6H6.3CH4/c1-5-9(3)7-10(4)6-8-2;1-4-8(2)6-9(3)5-7;1-2-4-6-5-3-1;;;/h9-10H,5-7H2,1-4H3;8-9H,4-6H2,1-3,7H3;1-6H;3*1H4. The van der Waals surface area contributed by atoms with Crippen molar-refractivity contribution in [2.75, 3.05) is 13.3 Å². The average Bonchev–Trinajstić information content (AvgIpc) is 2.64. The van der Waals surface area contributed by atoms with Gasteiger partial charge in [0.15, 0.2) is 0 Å². The predicted molar refractivity (Wildman–Crippen MR) is 156 cm³/mol. The van der Waals surface area contributed by atoms with Crippen LogP contribution in [0.3, 0.4) is 0 Å². The van der Waals surface area contributed by atoms with E-state index in [0.717, 1.165) is 6.23 Å². The largest absolute Gasteiger partial charge is 0.388 e. The van der Waals surface area contributed by atoms with Crippen LogP contribution in [0.25, 0.3) is 0 Å². The maximum atomic E-state index is 5.13. The van der Waals surface area contributed by atoms with Crippen LogP contribution < -0.4 is 0 Å². The smallest absolute Gasteiger partial charge is 0.0618 e. The Hall–Kier alpha value is 0.264. The molecule has 0 aliphatic heterocycles. The molecule has 4 unspecified atom stereocenters. The van der Waals surface area contributed by atoms with Crippen molar-refractivity contribution in [1.82, 2.24) is 0 Å². The van der Waals surface area contributed by atoms with Crippen molar-refractivity contribution in [2.24, 2.45) is 0 Å². The van der Waals surface area contributed by atoms with Crippen LogP contribution in [0.5, 0.6) is 0 Å². The summed E-state index contributed by atoms with van der Waals surface area (Å²) in [7, 11) is 2.25. The van der Waals surface area contributed by atoms with Crippen molar-refractivity contribution < 1.29 is 4.74 Å². The zero-order valence-electron chi connectivity index (χ0n) is 18.4. The molecule has 172 valence electrons. The topological polar surface area (TPSA) is 9.23 Å². The van der Waals surface area contributed by atoms with E-state index in [4.69, 9.17) is 4.74 Å². The first-order valence-electron chi connectivity index (χ1n) is 10.4. The fourth-order valence-corrected chi connectivity index (χ4v) is 21.7. The van der Waals surface area contributed by atoms with Crippen LogP contribution >= 0.6 is 0 Å². The van der Waals surface area contributed by atoms with E-state index < -0.39 is 8.80 Å². The molecule has 0 amide bonds. The van der Waals surface area contributed by atoms with Gasteiger partial charge in [-0.1, -0.05) is 128 Å². The maximum Gasteiger partial charge on any atom is 0.0618 e. The monoisotopic (exact) mass is 478 g/mol. The number of ether oxygens (including phenoxy) is 1. The molecule has 1 nitrogen and oxygen atoms in total. The number of methoxy groups -OCH3 is 1. The van der Waals surface area contributed by atoms with Gasteiger partial charge in [-0.2, -0.15) is 0 Å². The Morgan fingerprint density at radius 1 is 0.643 bits per heavy atom. The lowest BCUT2D eigenvalue weighted by Gasteiger charge is -2.11. The summed E-state index contributed by atoms with van der Waals surface area (Å²) in [5.41, 5.74) is 4.95. The number of hydrogen-bond acceptors (Lipinski definition) is 1. The van der Waals surface area contributed by atoms with Gasteiger partial charge in [-0.05, 0) is 10.2 Å². The molecule has 0 saturated carbocycles. The Bertz CT molecular complexity index is 319. The Morgan fingerprint density at radius 3 is 1.21 bits per heavy atom. The molecule has 0 bridgehead atoms. The predicted octanol–water partition coefficient (Wildman–Crippen LogP) is 5.62. The minimum Gasteiger partial charge on any atom is -0.388 e. The first-order valence-corrected chi connectivity index (χ1v) is 23.0. The first kappa shape index (κ1) is 38.8. The van der Waals surface area contributed by atoms with Crippen LogP contribution in [0.15, 0.2) is 36.4 Å². The quantitative estimate of drug-likeness (QED) is 0.418. The SMILES string of the molecule is C.C.C.CC[SiH](C)C[SiH](C)COC.CC[SiH](C)C[SiH](C)C[SiH3].c1ccccc1. The third-order valence-corrected chi connectivity index (χ3v) is 27.0. The first-order chi connectivity index (χ1) is 11.9. The summed E-state index contributed by atoms with van der Waals surface area (Å²) in [4.78, 5) is 0. The molecule has 0 radical (unpaired) electrons. The van der Waals surface area contributed by atoms with Gasteiger partial charge >= 0.3 is 0 Å². The van der Waals surface area contributed by atoms with Crippen molar-refractivity contribution in [2.45, 2.75) is 91.4 Å². The van der Waals surface area contributed by atoms with Gasteiger partial charge in [0.1, 0.15) is 0 Å². The third-order valence-electron chi connectivity index (χ3n) is 4.82. The second-order valence-electron chi connectivity index (χ2n) is 7.73. The minimum absolute atomic E-state index is 0. The maximum absolute atomic E-state index is 5.13. The molecular weight excluding hydrogens is 421 g/mol. The molecule has 0 fully saturated rings. The molecule has 0 aromatic heterocycles. The molecule has 0 heterocycles. The molecular formula is C22H58OSi5. The van der Waals surface area contributed by atoms with E-state index in [2.05, 4.69) is 40.0 Å². The minimum atomic E-state index is -0.438. The van der Waals surface area contributed by atoms with Crippen molar-refractivity contribution in [1.29, 1.82) is 0 Å². The summed E-state index contributed by atoms with van der Waals surface area (Å²) in [5, 5.41) is 0. The molecule has 6 heteroatoms. The average molecular weight is 479 g/mol. The summed E-state index contributed by atoms with van der Waals surface area (Å²) in [5.74, 6) is 0. The van der Waals surface area contributed by atoms with Crippen molar-refractivity contribution in [3.8, 4) is 0 Å². The van der Waals surface area contributed by atoms with Crippen molar-refractivity contribution in [3.63, 3.8) is 0 Å². The summed E-state index contributed by atoms with van der Waals surface area (Å²) in [6, 6.07) is 15.0. The molecule has 0 saturated heterocycles. The molecule has 0 aliphatic rings. The van der Waals surface area contributed by atoms with Gasteiger partial charge in [0.05, 0.1) is 8.80 Å².